The Hall–Kier alpha value is -3.88. The first-order chi connectivity index (χ1) is 15.4. The number of hydrogen-bond donors (Lipinski definition) is 2. The van der Waals surface area contributed by atoms with E-state index in [2.05, 4.69) is 5.32 Å². The number of benzene rings is 2. The van der Waals surface area contributed by atoms with Gasteiger partial charge in [-0.15, -0.1) is 0 Å². The van der Waals surface area contributed by atoms with Gasteiger partial charge in [-0.1, -0.05) is 0 Å². The van der Waals surface area contributed by atoms with Gasteiger partial charge < -0.3 is 25.6 Å². The van der Waals surface area contributed by atoms with Crippen molar-refractivity contribution in [2.45, 2.75) is 18.9 Å². The van der Waals surface area contributed by atoms with Crippen molar-refractivity contribution in [3.05, 3.63) is 59.7 Å². The van der Waals surface area contributed by atoms with Gasteiger partial charge in [0, 0.05) is 43.3 Å². The molecule has 32 heavy (non-hydrogen) atoms. The molecule has 2 fully saturated rings. The molecule has 2 aromatic carbocycles. The van der Waals surface area contributed by atoms with Crippen LogP contribution in [0.4, 0.5) is 0 Å². The van der Waals surface area contributed by atoms with Crippen molar-refractivity contribution in [1.29, 1.82) is 0 Å². The van der Waals surface area contributed by atoms with Crippen LogP contribution in [0.2, 0.25) is 0 Å². The van der Waals surface area contributed by atoms with Crippen molar-refractivity contribution in [2.24, 2.45) is 5.73 Å². The Labute approximate surface area is 185 Å². The average molecular weight is 436 g/mol. The molecule has 166 valence electrons. The van der Waals surface area contributed by atoms with E-state index >= 15 is 0 Å². The molecule has 2 aromatic rings. The van der Waals surface area contributed by atoms with Gasteiger partial charge in [-0.25, -0.2) is 0 Å². The topological polar surface area (TPSA) is 122 Å². The van der Waals surface area contributed by atoms with Crippen molar-refractivity contribution < 1.29 is 23.9 Å². The van der Waals surface area contributed by atoms with E-state index in [4.69, 9.17) is 10.5 Å². The first-order valence-electron chi connectivity index (χ1n) is 10.5. The van der Waals surface area contributed by atoms with Gasteiger partial charge in [-0.2, -0.15) is 0 Å². The molecule has 0 radical (unpaired) electrons. The minimum Gasteiger partial charge on any atom is -0.457 e. The highest BCUT2D eigenvalue weighted by Gasteiger charge is 2.31. The molecule has 9 heteroatoms. The van der Waals surface area contributed by atoms with E-state index in [0.29, 0.717) is 48.8 Å². The van der Waals surface area contributed by atoms with Gasteiger partial charge in [0.25, 0.3) is 5.91 Å². The van der Waals surface area contributed by atoms with Gasteiger partial charge in [0.2, 0.25) is 5.91 Å². The second kappa shape index (κ2) is 9.09. The smallest absolute Gasteiger partial charge is 0.312 e. The van der Waals surface area contributed by atoms with Gasteiger partial charge in [0.1, 0.15) is 11.5 Å². The van der Waals surface area contributed by atoms with Crippen LogP contribution in [0.3, 0.4) is 0 Å². The molecule has 2 aliphatic rings. The van der Waals surface area contributed by atoms with Gasteiger partial charge in [0.05, 0.1) is 0 Å². The van der Waals surface area contributed by atoms with Gasteiger partial charge in [-0.3, -0.25) is 19.2 Å². The zero-order chi connectivity index (χ0) is 22.7. The summed E-state index contributed by atoms with van der Waals surface area (Å²) in [7, 11) is 0. The molecule has 0 bridgehead atoms. The molecule has 0 aromatic heterocycles. The fourth-order valence-electron chi connectivity index (χ4n) is 3.40. The Bertz CT molecular complexity index is 1020. The van der Waals surface area contributed by atoms with Crippen molar-refractivity contribution in [2.75, 3.05) is 26.2 Å². The predicted molar refractivity (Wildman–Crippen MR) is 115 cm³/mol. The Kier molecular flexibility index (Phi) is 6.07. The van der Waals surface area contributed by atoms with Crippen molar-refractivity contribution >= 4 is 23.6 Å². The second-order valence-corrected chi connectivity index (χ2v) is 7.85. The largest absolute Gasteiger partial charge is 0.457 e. The summed E-state index contributed by atoms with van der Waals surface area (Å²) in [5.74, 6) is -0.657. The fourth-order valence-corrected chi connectivity index (χ4v) is 3.40. The molecule has 3 N–H and O–H groups in total. The Morgan fingerprint density at radius 3 is 1.78 bits per heavy atom. The quantitative estimate of drug-likeness (QED) is 0.681. The summed E-state index contributed by atoms with van der Waals surface area (Å²) < 4.78 is 5.73. The number of nitrogens with two attached hydrogens (primary N) is 1. The summed E-state index contributed by atoms with van der Waals surface area (Å²) in [6, 6.07) is 13.3. The van der Waals surface area contributed by atoms with E-state index in [0.717, 1.165) is 12.8 Å². The third kappa shape index (κ3) is 5.05. The highest BCUT2D eigenvalue weighted by atomic mass is 16.5. The molecule has 1 aliphatic heterocycles. The lowest BCUT2D eigenvalue weighted by molar-refractivity contribution is -0.146. The molecule has 0 spiro atoms. The van der Waals surface area contributed by atoms with Crippen LogP contribution in [0.15, 0.2) is 48.5 Å². The van der Waals surface area contributed by atoms with Gasteiger partial charge in [-0.05, 0) is 61.4 Å². The minimum absolute atomic E-state index is 0.135. The number of hydrogen-bond acceptors (Lipinski definition) is 5. The molecule has 0 unspecified atom stereocenters. The minimum atomic E-state index is -0.563. The summed E-state index contributed by atoms with van der Waals surface area (Å²) in [5, 5.41) is 2.70. The second-order valence-electron chi connectivity index (χ2n) is 7.85. The van der Waals surface area contributed by atoms with Crippen LogP contribution < -0.4 is 15.8 Å². The van der Waals surface area contributed by atoms with Gasteiger partial charge >= 0.3 is 11.8 Å². The van der Waals surface area contributed by atoms with E-state index in [-0.39, 0.29) is 11.9 Å². The maximum Gasteiger partial charge on any atom is 0.312 e. The van der Waals surface area contributed by atoms with Gasteiger partial charge in [0.15, 0.2) is 0 Å². The molecule has 9 nitrogen and oxygen atoms in total. The molecular formula is C23H24N4O5. The highest BCUT2D eigenvalue weighted by Crippen LogP contribution is 2.23. The number of nitrogens with one attached hydrogen (secondary N) is 1. The van der Waals surface area contributed by atoms with E-state index in [9.17, 15) is 19.2 Å². The molecular weight excluding hydrogens is 412 g/mol. The van der Waals surface area contributed by atoms with Crippen LogP contribution in [0.5, 0.6) is 11.5 Å². The summed E-state index contributed by atoms with van der Waals surface area (Å²) in [4.78, 5) is 51.2. The maximum atomic E-state index is 12.8. The third-order valence-electron chi connectivity index (χ3n) is 5.44. The Morgan fingerprint density at radius 2 is 1.28 bits per heavy atom. The van der Waals surface area contributed by atoms with E-state index in [1.165, 1.54) is 4.90 Å². The van der Waals surface area contributed by atoms with E-state index in [1.54, 1.807) is 53.4 Å². The Morgan fingerprint density at radius 1 is 0.781 bits per heavy atom. The molecule has 0 atom stereocenters. The number of carbonyl (C=O) groups is 4. The first-order valence-corrected chi connectivity index (χ1v) is 10.5. The summed E-state index contributed by atoms with van der Waals surface area (Å²) in [6.45, 7) is 1.38. The summed E-state index contributed by atoms with van der Waals surface area (Å²) >= 11 is 0. The molecule has 1 saturated heterocycles. The highest BCUT2D eigenvalue weighted by molar-refractivity contribution is 6.35. The van der Waals surface area contributed by atoms with Crippen LogP contribution in [0.25, 0.3) is 0 Å². The number of rotatable bonds is 5. The standard InChI is InChI=1S/C23H24N4O5/c24-20(28)15-1-7-18(8-2-15)32-19-9-3-16(4-10-19)22(30)26-11-13-27(14-12-26)23(31)21(29)25-17-5-6-17/h1-4,7-10,17H,5-6,11-14H2,(H2,24,28)(H,25,29). The molecule has 1 saturated carbocycles. The lowest BCUT2D eigenvalue weighted by atomic mass is 10.1. The molecule has 4 rings (SSSR count). The summed E-state index contributed by atoms with van der Waals surface area (Å²) in [5.41, 5.74) is 6.12. The van der Waals surface area contributed by atoms with Crippen LogP contribution in [-0.4, -0.2) is 65.6 Å². The number of carbonyl (C=O) groups excluding carboxylic acids is 4. The lowest BCUT2D eigenvalue weighted by Crippen LogP contribution is -2.54. The number of ether oxygens (including phenoxy) is 1. The molecule has 4 amide bonds. The number of amides is 4. The molecule has 1 aliphatic carbocycles. The lowest BCUT2D eigenvalue weighted by Gasteiger charge is -2.34. The van der Waals surface area contributed by atoms with Crippen LogP contribution in [-0.2, 0) is 9.59 Å². The number of primary amides is 1. The number of piperazine rings is 1. The van der Waals surface area contributed by atoms with Crippen molar-refractivity contribution in [1.82, 2.24) is 15.1 Å². The fraction of sp³-hybridized carbons (Fsp3) is 0.304. The van der Waals surface area contributed by atoms with Crippen molar-refractivity contribution in [3.8, 4) is 11.5 Å². The predicted octanol–water partition coefficient (Wildman–Crippen LogP) is 1.14. The van der Waals surface area contributed by atoms with E-state index in [1.807, 2.05) is 0 Å². The summed E-state index contributed by atoms with van der Waals surface area (Å²) in [6.07, 6.45) is 1.85. The van der Waals surface area contributed by atoms with Crippen molar-refractivity contribution in [3.63, 3.8) is 0 Å². The zero-order valence-corrected chi connectivity index (χ0v) is 17.5. The Balaban J connectivity index is 1.29. The SMILES string of the molecule is NC(=O)c1ccc(Oc2ccc(C(=O)N3CCN(C(=O)C(=O)NC4CC4)CC3)cc2)cc1. The van der Waals surface area contributed by atoms with E-state index < -0.39 is 17.7 Å². The maximum absolute atomic E-state index is 12.8. The third-order valence-corrected chi connectivity index (χ3v) is 5.44. The number of nitrogens with zero attached hydrogens (tertiary/aromatic N) is 2. The first kappa shape index (κ1) is 21.4. The normalized spacial score (nSPS) is 15.8. The average Bonchev–Trinajstić information content (AvgIpc) is 3.63. The van der Waals surface area contributed by atoms with Crippen LogP contribution in [0.1, 0.15) is 33.6 Å². The molecule has 1 heterocycles. The van der Waals surface area contributed by atoms with Crippen LogP contribution >= 0.6 is 0 Å². The zero-order valence-electron chi connectivity index (χ0n) is 17.5. The monoisotopic (exact) mass is 436 g/mol. The van der Waals surface area contributed by atoms with Crippen LogP contribution in [0, 0.1) is 0 Å².